The molecule has 1 aromatic rings. The minimum absolute atomic E-state index is 0.0170. The lowest BCUT2D eigenvalue weighted by molar-refractivity contribution is -0.385. The molecule has 1 rings (SSSR count). The van der Waals surface area contributed by atoms with Crippen LogP contribution in [0.25, 0.3) is 0 Å². The maximum Gasteiger partial charge on any atom is 0.300 e. The van der Waals surface area contributed by atoms with Crippen molar-refractivity contribution in [3.63, 3.8) is 0 Å². The van der Waals surface area contributed by atoms with Gasteiger partial charge in [-0.1, -0.05) is 24.6 Å². The largest absolute Gasteiger partial charge is 0.351 e. The number of carbonyl (C=O) groups excluding carboxylic acids is 1. The van der Waals surface area contributed by atoms with Crippen molar-refractivity contribution >= 4 is 23.2 Å². The molecule has 1 N–H and O–H groups in total. The molecular formula is C12H16ClN3O3. The average molecular weight is 286 g/mol. The van der Waals surface area contributed by atoms with E-state index in [1.165, 1.54) is 18.2 Å². The number of halogens is 1. The lowest BCUT2D eigenvalue weighted by Gasteiger charge is -2.14. The Morgan fingerprint density at radius 1 is 1.53 bits per heavy atom. The normalized spacial score (nSPS) is 10.5. The zero-order valence-electron chi connectivity index (χ0n) is 10.9. The number of nitro benzene ring substituents is 1. The molecule has 0 aliphatic heterocycles. The molecule has 1 amide bonds. The molecule has 19 heavy (non-hydrogen) atoms. The highest BCUT2D eigenvalue weighted by atomic mass is 35.5. The Bertz CT molecular complexity index is 479. The van der Waals surface area contributed by atoms with Crippen molar-refractivity contribution < 1.29 is 9.72 Å². The summed E-state index contributed by atoms with van der Waals surface area (Å²) in [5.74, 6) is -0.487. The second kappa shape index (κ2) is 7.06. The number of nitrogens with one attached hydrogen (secondary N) is 1. The van der Waals surface area contributed by atoms with Crippen molar-refractivity contribution in [3.05, 3.63) is 38.9 Å². The Hall–Kier alpha value is -1.66. The predicted molar refractivity (Wildman–Crippen MR) is 73.6 cm³/mol. The highest BCUT2D eigenvalue weighted by Crippen LogP contribution is 2.27. The molecule has 104 valence electrons. The van der Waals surface area contributed by atoms with Crippen LogP contribution in [0, 0.1) is 10.1 Å². The molecule has 0 fully saturated rings. The Labute approximate surface area is 116 Å². The first-order chi connectivity index (χ1) is 8.97. The van der Waals surface area contributed by atoms with Crippen molar-refractivity contribution in [2.45, 2.75) is 6.92 Å². The number of nitrogens with zero attached hydrogens (tertiary/aromatic N) is 2. The first kappa shape index (κ1) is 15.4. The van der Waals surface area contributed by atoms with Crippen LogP contribution in [-0.2, 0) is 0 Å². The van der Waals surface area contributed by atoms with E-state index in [-0.39, 0.29) is 16.3 Å². The third-order valence-corrected chi connectivity index (χ3v) is 3.04. The number of hydrogen-bond acceptors (Lipinski definition) is 4. The summed E-state index contributed by atoms with van der Waals surface area (Å²) in [4.78, 5) is 24.2. The average Bonchev–Trinajstić information content (AvgIpc) is 2.37. The van der Waals surface area contributed by atoms with Crippen LogP contribution < -0.4 is 5.32 Å². The van der Waals surface area contributed by atoms with Gasteiger partial charge in [-0.15, -0.1) is 0 Å². The number of likely N-dealkylation sites (N-methyl/N-ethyl adjacent to an activating group) is 1. The Morgan fingerprint density at radius 2 is 2.21 bits per heavy atom. The van der Waals surface area contributed by atoms with Crippen molar-refractivity contribution in [2.24, 2.45) is 0 Å². The number of nitro groups is 1. The second-order valence-electron chi connectivity index (χ2n) is 4.04. The van der Waals surface area contributed by atoms with Crippen LogP contribution in [0.1, 0.15) is 17.3 Å². The van der Waals surface area contributed by atoms with Gasteiger partial charge in [-0.3, -0.25) is 14.9 Å². The van der Waals surface area contributed by atoms with E-state index in [2.05, 4.69) is 5.32 Å². The lowest BCUT2D eigenvalue weighted by Crippen LogP contribution is -2.33. The third-order valence-electron chi connectivity index (χ3n) is 2.73. The number of rotatable bonds is 6. The summed E-state index contributed by atoms with van der Waals surface area (Å²) in [5, 5.41) is 13.5. The van der Waals surface area contributed by atoms with Gasteiger partial charge in [0.2, 0.25) is 0 Å². The van der Waals surface area contributed by atoms with Crippen molar-refractivity contribution in [2.75, 3.05) is 26.7 Å². The van der Waals surface area contributed by atoms with E-state index in [0.29, 0.717) is 13.1 Å². The van der Waals surface area contributed by atoms with E-state index in [0.717, 1.165) is 6.54 Å². The number of hydrogen-bond donors (Lipinski definition) is 1. The quantitative estimate of drug-likeness (QED) is 0.640. The van der Waals surface area contributed by atoms with Crippen LogP contribution in [0.2, 0.25) is 5.02 Å². The molecule has 0 saturated carbocycles. The van der Waals surface area contributed by atoms with Crippen LogP contribution in [-0.4, -0.2) is 42.4 Å². The van der Waals surface area contributed by atoms with Gasteiger partial charge in [0.05, 0.1) is 4.92 Å². The summed E-state index contributed by atoms with van der Waals surface area (Å²) in [7, 11) is 1.92. The summed E-state index contributed by atoms with van der Waals surface area (Å²) >= 11 is 5.75. The molecule has 0 aromatic heterocycles. The molecule has 0 atom stereocenters. The van der Waals surface area contributed by atoms with Crippen molar-refractivity contribution in [1.82, 2.24) is 10.2 Å². The van der Waals surface area contributed by atoms with E-state index in [1.54, 1.807) is 0 Å². The van der Waals surface area contributed by atoms with Crippen LogP contribution >= 0.6 is 11.6 Å². The monoisotopic (exact) mass is 285 g/mol. The van der Waals surface area contributed by atoms with Gasteiger partial charge in [-0.05, 0) is 25.7 Å². The van der Waals surface area contributed by atoms with E-state index in [9.17, 15) is 14.9 Å². The molecule has 0 radical (unpaired) electrons. The first-order valence-corrected chi connectivity index (χ1v) is 6.24. The van der Waals surface area contributed by atoms with Gasteiger partial charge in [-0.25, -0.2) is 0 Å². The molecule has 7 heteroatoms. The SMILES string of the molecule is CCN(C)CCNC(=O)c1cccc(Cl)c1[N+](=O)[O-]. The first-order valence-electron chi connectivity index (χ1n) is 5.87. The van der Waals surface area contributed by atoms with E-state index < -0.39 is 10.8 Å². The van der Waals surface area contributed by atoms with E-state index in [4.69, 9.17) is 11.6 Å². The topological polar surface area (TPSA) is 75.5 Å². The molecule has 0 aliphatic rings. The van der Waals surface area contributed by atoms with Crippen LogP contribution in [0.3, 0.4) is 0 Å². The van der Waals surface area contributed by atoms with Crippen molar-refractivity contribution in [3.8, 4) is 0 Å². The Kier molecular flexibility index (Phi) is 5.72. The summed E-state index contributed by atoms with van der Waals surface area (Å²) < 4.78 is 0. The molecular weight excluding hydrogens is 270 g/mol. The highest BCUT2D eigenvalue weighted by Gasteiger charge is 2.23. The molecule has 0 unspecified atom stereocenters. The lowest BCUT2D eigenvalue weighted by atomic mass is 10.1. The summed E-state index contributed by atoms with van der Waals surface area (Å²) in [6.07, 6.45) is 0. The Morgan fingerprint density at radius 3 is 2.79 bits per heavy atom. The summed E-state index contributed by atoms with van der Waals surface area (Å²) in [6, 6.07) is 4.30. The van der Waals surface area contributed by atoms with E-state index >= 15 is 0 Å². The zero-order chi connectivity index (χ0) is 14.4. The molecule has 0 aliphatic carbocycles. The fraction of sp³-hybridized carbons (Fsp3) is 0.417. The molecule has 0 heterocycles. The smallest absolute Gasteiger partial charge is 0.300 e. The maximum absolute atomic E-state index is 11.9. The van der Waals surface area contributed by atoms with Gasteiger partial charge in [0.25, 0.3) is 5.91 Å². The number of carbonyl (C=O) groups is 1. The zero-order valence-corrected chi connectivity index (χ0v) is 11.6. The molecule has 0 bridgehead atoms. The Balaban J connectivity index is 2.77. The van der Waals surface area contributed by atoms with Gasteiger partial charge >= 0.3 is 5.69 Å². The summed E-state index contributed by atoms with van der Waals surface area (Å²) in [5.41, 5.74) is -0.373. The maximum atomic E-state index is 11.9. The number of benzene rings is 1. The van der Waals surface area contributed by atoms with Crippen LogP contribution in [0.4, 0.5) is 5.69 Å². The van der Waals surface area contributed by atoms with Gasteiger partial charge in [0.1, 0.15) is 10.6 Å². The third kappa shape index (κ3) is 4.18. The fourth-order valence-corrected chi connectivity index (χ4v) is 1.74. The summed E-state index contributed by atoms with van der Waals surface area (Å²) in [6.45, 7) is 3.97. The molecule has 0 saturated heterocycles. The van der Waals surface area contributed by atoms with E-state index in [1.807, 2.05) is 18.9 Å². The number of para-hydroxylation sites is 1. The minimum Gasteiger partial charge on any atom is -0.351 e. The van der Waals surface area contributed by atoms with Crippen molar-refractivity contribution in [1.29, 1.82) is 0 Å². The van der Waals surface area contributed by atoms with Crippen LogP contribution in [0.15, 0.2) is 18.2 Å². The van der Waals surface area contributed by atoms with Crippen LogP contribution in [0.5, 0.6) is 0 Å². The predicted octanol–water partition coefficient (Wildman–Crippen LogP) is 1.93. The number of amides is 1. The molecule has 0 spiro atoms. The minimum atomic E-state index is -0.643. The standard InChI is InChI=1S/C12H16ClN3O3/c1-3-15(2)8-7-14-12(17)9-5-4-6-10(13)11(9)16(18)19/h4-6H,3,7-8H2,1-2H3,(H,14,17). The van der Waals surface area contributed by atoms with Gasteiger partial charge in [0.15, 0.2) is 0 Å². The van der Waals surface area contributed by atoms with Gasteiger partial charge < -0.3 is 10.2 Å². The molecule has 1 aromatic carbocycles. The fourth-order valence-electron chi connectivity index (χ4n) is 1.50. The van der Waals surface area contributed by atoms with Gasteiger partial charge in [0, 0.05) is 13.1 Å². The molecule has 6 nitrogen and oxygen atoms in total. The van der Waals surface area contributed by atoms with Gasteiger partial charge in [-0.2, -0.15) is 0 Å². The highest BCUT2D eigenvalue weighted by molar-refractivity contribution is 6.33. The second-order valence-corrected chi connectivity index (χ2v) is 4.45.